The molecule has 2 heterocycles. The molecular formula is C15H25ClN4. The van der Waals surface area contributed by atoms with Crippen molar-refractivity contribution in [3.05, 3.63) is 23.5 Å². The van der Waals surface area contributed by atoms with Gasteiger partial charge in [-0.15, -0.1) is 0 Å². The van der Waals surface area contributed by atoms with E-state index in [-0.39, 0.29) is 0 Å². The number of hydrogen-bond acceptors (Lipinski definition) is 4. The highest BCUT2D eigenvalue weighted by Crippen LogP contribution is 2.19. The molecule has 2 rings (SSSR count). The van der Waals surface area contributed by atoms with Crippen LogP contribution in [0.4, 0.5) is 5.69 Å². The normalized spacial score (nSPS) is 18.9. The summed E-state index contributed by atoms with van der Waals surface area (Å²) in [6, 6.07) is 1.93. The molecule has 0 spiro atoms. The fourth-order valence-corrected chi connectivity index (χ4v) is 2.78. The van der Waals surface area contributed by atoms with Crippen LogP contribution in [-0.2, 0) is 0 Å². The van der Waals surface area contributed by atoms with Crippen molar-refractivity contribution in [2.24, 2.45) is 5.92 Å². The molecule has 0 saturated carbocycles. The molecule has 0 radical (unpaired) electrons. The first-order chi connectivity index (χ1) is 9.69. The molecule has 1 N–H and O–H groups in total. The highest BCUT2D eigenvalue weighted by molar-refractivity contribution is 6.33. The zero-order chi connectivity index (χ0) is 14.4. The maximum atomic E-state index is 6.09. The van der Waals surface area contributed by atoms with Gasteiger partial charge in [-0.1, -0.05) is 25.4 Å². The Balaban J connectivity index is 1.71. The van der Waals surface area contributed by atoms with Crippen LogP contribution in [0.15, 0.2) is 18.5 Å². The lowest BCUT2D eigenvalue weighted by molar-refractivity contribution is 0.126. The molecule has 112 valence electrons. The number of piperazine rings is 1. The molecule has 1 saturated heterocycles. The summed E-state index contributed by atoms with van der Waals surface area (Å²) in [6.45, 7) is 12.6. The maximum Gasteiger partial charge on any atom is 0.0820 e. The Morgan fingerprint density at radius 2 is 2.00 bits per heavy atom. The second kappa shape index (κ2) is 7.81. The molecule has 5 heteroatoms. The van der Waals surface area contributed by atoms with E-state index in [1.807, 2.05) is 6.07 Å². The molecule has 20 heavy (non-hydrogen) atoms. The Bertz CT molecular complexity index is 405. The van der Waals surface area contributed by atoms with Crippen molar-refractivity contribution >= 4 is 17.3 Å². The lowest BCUT2D eigenvalue weighted by atomic mass is 10.1. The number of hydrogen-bond donors (Lipinski definition) is 1. The van der Waals surface area contributed by atoms with Crippen LogP contribution in [0.25, 0.3) is 0 Å². The van der Waals surface area contributed by atoms with Crippen LogP contribution < -0.4 is 5.32 Å². The van der Waals surface area contributed by atoms with Crippen LogP contribution in [0.2, 0.25) is 5.02 Å². The fraction of sp³-hybridized carbons (Fsp3) is 0.667. The zero-order valence-corrected chi connectivity index (χ0v) is 13.2. The molecule has 0 amide bonds. The Morgan fingerprint density at radius 3 is 2.65 bits per heavy atom. The summed E-state index contributed by atoms with van der Waals surface area (Å²) < 4.78 is 0. The third-order valence-corrected chi connectivity index (χ3v) is 4.20. The largest absolute Gasteiger partial charge is 0.383 e. The van der Waals surface area contributed by atoms with Gasteiger partial charge in [-0.25, -0.2) is 0 Å². The number of aromatic nitrogens is 1. The minimum atomic E-state index is 0.604. The van der Waals surface area contributed by atoms with Crippen molar-refractivity contribution in [1.29, 1.82) is 0 Å². The van der Waals surface area contributed by atoms with E-state index in [1.165, 1.54) is 32.7 Å². The molecule has 4 nitrogen and oxygen atoms in total. The molecule has 0 aromatic carbocycles. The number of nitrogens with zero attached hydrogens (tertiary/aromatic N) is 3. The first kappa shape index (κ1) is 15.5. The molecule has 1 fully saturated rings. The summed E-state index contributed by atoms with van der Waals surface area (Å²) in [5.41, 5.74) is 0.976. The summed E-state index contributed by atoms with van der Waals surface area (Å²) >= 11 is 6.09. The minimum Gasteiger partial charge on any atom is -0.383 e. The average molecular weight is 297 g/mol. The van der Waals surface area contributed by atoms with Gasteiger partial charge in [-0.3, -0.25) is 4.98 Å². The van der Waals surface area contributed by atoms with E-state index in [4.69, 9.17) is 11.6 Å². The van der Waals surface area contributed by atoms with Gasteiger partial charge in [0.05, 0.1) is 10.7 Å². The van der Waals surface area contributed by atoms with Crippen molar-refractivity contribution in [2.75, 3.05) is 51.1 Å². The maximum absolute atomic E-state index is 6.09. The Kier molecular flexibility index (Phi) is 6.07. The van der Waals surface area contributed by atoms with Gasteiger partial charge in [0.1, 0.15) is 0 Å². The number of halogens is 1. The molecule has 1 aliphatic heterocycles. The molecular weight excluding hydrogens is 272 g/mol. The van der Waals surface area contributed by atoms with Gasteiger partial charge in [-0.05, 0) is 18.5 Å². The van der Waals surface area contributed by atoms with Crippen molar-refractivity contribution in [3.8, 4) is 0 Å². The number of anilines is 1. The Labute approximate surface area is 127 Å². The summed E-state index contributed by atoms with van der Waals surface area (Å²) in [4.78, 5) is 9.07. The third-order valence-electron chi connectivity index (χ3n) is 3.90. The molecule has 1 atom stereocenters. The van der Waals surface area contributed by atoms with Gasteiger partial charge in [0.2, 0.25) is 0 Å². The average Bonchev–Trinajstić information content (AvgIpc) is 2.47. The Morgan fingerprint density at radius 1 is 1.30 bits per heavy atom. The number of likely N-dealkylation sites (N-methyl/N-ethyl adjacent to an activating group) is 1. The highest BCUT2D eigenvalue weighted by Gasteiger charge is 2.17. The van der Waals surface area contributed by atoms with Crippen LogP contribution in [0, 0.1) is 5.92 Å². The van der Waals surface area contributed by atoms with Crippen LogP contribution >= 0.6 is 11.6 Å². The van der Waals surface area contributed by atoms with Crippen molar-refractivity contribution in [1.82, 2.24) is 14.8 Å². The predicted molar refractivity (Wildman–Crippen MR) is 85.5 cm³/mol. The summed E-state index contributed by atoms with van der Waals surface area (Å²) in [5.74, 6) is 0.604. The molecule has 1 aliphatic rings. The first-order valence-corrected chi connectivity index (χ1v) is 7.85. The minimum absolute atomic E-state index is 0.604. The summed E-state index contributed by atoms with van der Waals surface area (Å²) in [6.07, 6.45) is 3.45. The van der Waals surface area contributed by atoms with Crippen LogP contribution in [0.5, 0.6) is 0 Å². The zero-order valence-electron chi connectivity index (χ0n) is 12.5. The lowest BCUT2D eigenvalue weighted by Gasteiger charge is -2.35. The molecule has 1 aromatic heterocycles. The topological polar surface area (TPSA) is 31.4 Å². The van der Waals surface area contributed by atoms with E-state index < -0.39 is 0 Å². The quantitative estimate of drug-likeness (QED) is 0.874. The standard InChI is InChI=1S/C15H25ClN4/c1-3-19-6-8-20(9-7-19)12-13(2)10-18-15-4-5-17-11-14(15)16/h4-5,11,13H,3,6-10,12H2,1-2H3,(H,17,18)/t13-/m1/s1. The highest BCUT2D eigenvalue weighted by atomic mass is 35.5. The number of rotatable bonds is 6. The van der Waals surface area contributed by atoms with Crippen molar-refractivity contribution in [2.45, 2.75) is 13.8 Å². The van der Waals surface area contributed by atoms with E-state index >= 15 is 0 Å². The van der Waals surface area contributed by atoms with Gasteiger partial charge in [-0.2, -0.15) is 0 Å². The summed E-state index contributed by atoms with van der Waals surface area (Å²) in [5, 5.41) is 4.10. The van der Waals surface area contributed by atoms with E-state index in [0.29, 0.717) is 10.9 Å². The predicted octanol–water partition coefficient (Wildman–Crippen LogP) is 2.42. The van der Waals surface area contributed by atoms with E-state index in [1.54, 1.807) is 12.4 Å². The fourth-order valence-electron chi connectivity index (χ4n) is 2.60. The SMILES string of the molecule is CCN1CCN(C[C@H](C)CNc2ccncc2Cl)CC1. The van der Waals surface area contributed by atoms with Crippen molar-refractivity contribution < 1.29 is 0 Å². The van der Waals surface area contributed by atoms with Gasteiger partial charge in [0.25, 0.3) is 0 Å². The second-order valence-electron chi connectivity index (χ2n) is 5.58. The molecule has 0 bridgehead atoms. The molecule has 0 aliphatic carbocycles. The van der Waals surface area contributed by atoms with E-state index in [0.717, 1.165) is 18.8 Å². The molecule has 0 unspecified atom stereocenters. The van der Waals surface area contributed by atoms with Crippen LogP contribution in [0.3, 0.4) is 0 Å². The van der Waals surface area contributed by atoms with Gasteiger partial charge < -0.3 is 15.1 Å². The number of nitrogens with one attached hydrogen (secondary N) is 1. The lowest BCUT2D eigenvalue weighted by Crippen LogP contribution is -2.47. The van der Waals surface area contributed by atoms with Crippen LogP contribution in [-0.4, -0.2) is 60.6 Å². The van der Waals surface area contributed by atoms with Gasteiger partial charge in [0, 0.05) is 51.7 Å². The van der Waals surface area contributed by atoms with E-state index in [9.17, 15) is 0 Å². The first-order valence-electron chi connectivity index (χ1n) is 7.47. The van der Waals surface area contributed by atoms with Gasteiger partial charge >= 0.3 is 0 Å². The summed E-state index contributed by atoms with van der Waals surface area (Å²) in [7, 11) is 0. The van der Waals surface area contributed by atoms with E-state index in [2.05, 4.69) is 33.9 Å². The Hall–Kier alpha value is -0.840. The third kappa shape index (κ3) is 4.62. The smallest absolute Gasteiger partial charge is 0.0820 e. The van der Waals surface area contributed by atoms with Crippen LogP contribution in [0.1, 0.15) is 13.8 Å². The second-order valence-corrected chi connectivity index (χ2v) is 5.98. The monoisotopic (exact) mass is 296 g/mol. The van der Waals surface area contributed by atoms with Crippen molar-refractivity contribution in [3.63, 3.8) is 0 Å². The number of pyridine rings is 1. The van der Waals surface area contributed by atoms with Gasteiger partial charge in [0.15, 0.2) is 0 Å². The molecule has 1 aromatic rings.